The number of imidazole rings is 1. The molecule has 1 unspecified atom stereocenters. The SMILES string of the molecule is O=C(O)C1CCCc2nc(-c3ccc(Cl)o3)cn21. The number of aryl methyl sites for hydroxylation is 1. The largest absolute Gasteiger partial charge is 0.480 e. The van der Waals surface area contributed by atoms with Crippen LogP contribution in [0.2, 0.25) is 5.22 Å². The number of furan rings is 1. The molecule has 0 amide bonds. The van der Waals surface area contributed by atoms with Gasteiger partial charge >= 0.3 is 5.97 Å². The standard InChI is InChI=1S/C12H11ClN2O3/c13-10-5-4-9(18-10)7-6-15-8(12(16)17)2-1-3-11(15)14-7/h4-6,8H,1-3H2,(H,16,17). The number of aromatic nitrogens is 2. The Bertz CT molecular complexity index is 602. The zero-order valence-corrected chi connectivity index (χ0v) is 10.2. The molecule has 3 heterocycles. The molecule has 0 saturated heterocycles. The van der Waals surface area contributed by atoms with E-state index < -0.39 is 12.0 Å². The van der Waals surface area contributed by atoms with E-state index in [0.717, 1.165) is 18.7 Å². The van der Waals surface area contributed by atoms with Crippen LogP contribution in [0.5, 0.6) is 0 Å². The molecular formula is C12H11ClN2O3. The molecule has 0 spiro atoms. The minimum atomic E-state index is -0.822. The lowest BCUT2D eigenvalue weighted by Gasteiger charge is -2.20. The van der Waals surface area contributed by atoms with Crippen LogP contribution in [0.25, 0.3) is 11.5 Å². The molecule has 0 bridgehead atoms. The summed E-state index contributed by atoms with van der Waals surface area (Å²) >= 11 is 5.72. The number of hydrogen-bond donors (Lipinski definition) is 1. The van der Waals surface area contributed by atoms with Gasteiger partial charge in [0.15, 0.2) is 11.0 Å². The van der Waals surface area contributed by atoms with Crippen LogP contribution in [0.4, 0.5) is 0 Å². The smallest absolute Gasteiger partial charge is 0.326 e. The highest BCUT2D eigenvalue weighted by molar-refractivity contribution is 6.28. The van der Waals surface area contributed by atoms with Crippen molar-refractivity contribution in [1.29, 1.82) is 0 Å². The Morgan fingerprint density at radius 2 is 2.39 bits per heavy atom. The Labute approximate surface area is 108 Å². The van der Waals surface area contributed by atoms with Crippen molar-refractivity contribution < 1.29 is 14.3 Å². The Morgan fingerprint density at radius 3 is 3.06 bits per heavy atom. The molecule has 6 heteroatoms. The number of halogens is 1. The van der Waals surface area contributed by atoms with Gasteiger partial charge in [-0.05, 0) is 36.6 Å². The molecule has 1 atom stereocenters. The van der Waals surface area contributed by atoms with Crippen LogP contribution in [0.1, 0.15) is 24.7 Å². The fourth-order valence-electron chi connectivity index (χ4n) is 2.29. The van der Waals surface area contributed by atoms with E-state index >= 15 is 0 Å². The van der Waals surface area contributed by atoms with Crippen molar-refractivity contribution in [2.24, 2.45) is 0 Å². The second-order valence-corrected chi connectivity index (χ2v) is 4.67. The van der Waals surface area contributed by atoms with E-state index in [2.05, 4.69) is 4.98 Å². The second-order valence-electron chi connectivity index (χ2n) is 4.30. The van der Waals surface area contributed by atoms with E-state index in [4.69, 9.17) is 16.0 Å². The van der Waals surface area contributed by atoms with Gasteiger partial charge in [-0.3, -0.25) is 0 Å². The van der Waals surface area contributed by atoms with Gasteiger partial charge in [0.25, 0.3) is 0 Å². The highest BCUT2D eigenvalue weighted by atomic mass is 35.5. The van der Waals surface area contributed by atoms with Crippen molar-refractivity contribution in [3.63, 3.8) is 0 Å². The zero-order chi connectivity index (χ0) is 12.7. The predicted molar refractivity (Wildman–Crippen MR) is 64.5 cm³/mol. The van der Waals surface area contributed by atoms with Crippen LogP contribution < -0.4 is 0 Å². The third-order valence-corrected chi connectivity index (χ3v) is 3.34. The van der Waals surface area contributed by atoms with Crippen molar-refractivity contribution in [2.75, 3.05) is 0 Å². The van der Waals surface area contributed by atoms with Crippen molar-refractivity contribution in [1.82, 2.24) is 9.55 Å². The molecule has 1 aliphatic heterocycles. The van der Waals surface area contributed by atoms with E-state index in [1.807, 2.05) is 0 Å². The van der Waals surface area contributed by atoms with Gasteiger partial charge < -0.3 is 14.1 Å². The van der Waals surface area contributed by atoms with Crippen LogP contribution in [-0.2, 0) is 11.2 Å². The number of fused-ring (bicyclic) bond motifs is 1. The van der Waals surface area contributed by atoms with Gasteiger partial charge in [0.2, 0.25) is 0 Å². The van der Waals surface area contributed by atoms with Crippen LogP contribution >= 0.6 is 11.6 Å². The van der Waals surface area contributed by atoms with Gasteiger partial charge in [0.1, 0.15) is 17.6 Å². The molecule has 2 aromatic heterocycles. The number of carboxylic acid groups (broad SMARTS) is 1. The maximum atomic E-state index is 11.2. The number of hydrogen-bond acceptors (Lipinski definition) is 3. The number of nitrogens with zero attached hydrogens (tertiary/aromatic N) is 2. The Balaban J connectivity index is 2.03. The van der Waals surface area contributed by atoms with Gasteiger partial charge in [-0.25, -0.2) is 9.78 Å². The predicted octanol–water partition coefficient (Wildman–Crippen LogP) is 2.76. The molecule has 5 nitrogen and oxygen atoms in total. The summed E-state index contributed by atoms with van der Waals surface area (Å²) < 4.78 is 7.01. The normalized spacial score (nSPS) is 18.6. The molecule has 0 radical (unpaired) electrons. The van der Waals surface area contributed by atoms with E-state index in [1.54, 1.807) is 22.9 Å². The van der Waals surface area contributed by atoms with Crippen LogP contribution in [0, 0.1) is 0 Å². The van der Waals surface area contributed by atoms with Gasteiger partial charge in [0, 0.05) is 12.6 Å². The average molecular weight is 267 g/mol. The topological polar surface area (TPSA) is 68.3 Å². The number of carbonyl (C=O) groups is 1. The Hall–Kier alpha value is -1.75. The summed E-state index contributed by atoms with van der Waals surface area (Å²) in [6.45, 7) is 0. The third-order valence-electron chi connectivity index (χ3n) is 3.13. The summed E-state index contributed by atoms with van der Waals surface area (Å²) in [6.07, 6.45) is 3.99. The summed E-state index contributed by atoms with van der Waals surface area (Å²) in [5.74, 6) is 0.527. The zero-order valence-electron chi connectivity index (χ0n) is 9.47. The molecule has 18 heavy (non-hydrogen) atoms. The van der Waals surface area contributed by atoms with Gasteiger partial charge in [-0.1, -0.05) is 0 Å². The maximum absolute atomic E-state index is 11.2. The molecule has 1 aliphatic rings. The molecule has 94 valence electrons. The highest BCUT2D eigenvalue weighted by Gasteiger charge is 2.27. The first-order valence-corrected chi connectivity index (χ1v) is 6.09. The van der Waals surface area contributed by atoms with E-state index in [1.165, 1.54) is 0 Å². The average Bonchev–Trinajstić information content (AvgIpc) is 2.93. The summed E-state index contributed by atoms with van der Waals surface area (Å²) in [6, 6.07) is 2.84. The molecule has 0 aromatic carbocycles. The molecule has 3 rings (SSSR count). The highest BCUT2D eigenvalue weighted by Crippen LogP contribution is 2.30. The monoisotopic (exact) mass is 266 g/mol. The Kier molecular flexibility index (Phi) is 2.63. The van der Waals surface area contributed by atoms with Crippen LogP contribution in [-0.4, -0.2) is 20.6 Å². The molecular weight excluding hydrogens is 256 g/mol. The lowest BCUT2D eigenvalue weighted by molar-refractivity contribution is -0.141. The van der Waals surface area contributed by atoms with Gasteiger partial charge in [-0.15, -0.1) is 0 Å². The molecule has 1 N–H and O–H groups in total. The lowest BCUT2D eigenvalue weighted by atomic mass is 10.1. The number of aliphatic carboxylic acids is 1. The van der Waals surface area contributed by atoms with Gasteiger partial charge in [0.05, 0.1) is 0 Å². The van der Waals surface area contributed by atoms with E-state index in [-0.39, 0.29) is 0 Å². The van der Waals surface area contributed by atoms with Crippen LogP contribution in [0.3, 0.4) is 0 Å². The van der Waals surface area contributed by atoms with E-state index in [0.29, 0.717) is 23.1 Å². The van der Waals surface area contributed by atoms with Gasteiger partial charge in [-0.2, -0.15) is 0 Å². The first-order chi connectivity index (χ1) is 8.65. The summed E-state index contributed by atoms with van der Waals surface area (Å²) in [7, 11) is 0. The molecule has 0 aliphatic carbocycles. The lowest BCUT2D eigenvalue weighted by Crippen LogP contribution is -2.24. The van der Waals surface area contributed by atoms with Crippen molar-refractivity contribution in [3.8, 4) is 11.5 Å². The summed E-state index contributed by atoms with van der Waals surface area (Å²) in [5, 5.41) is 9.47. The van der Waals surface area contributed by atoms with E-state index in [9.17, 15) is 9.90 Å². The molecule has 0 saturated carbocycles. The van der Waals surface area contributed by atoms with Crippen molar-refractivity contribution >= 4 is 17.6 Å². The first kappa shape index (κ1) is 11.3. The first-order valence-electron chi connectivity index (χ1n) is 5.71. The summed E-state index contributed by atoms with van der Waals surface area (Å²) in [4.78, 5) is 15.6. The molecule has 2 aromatic rings. The minimum Gasteiger partial charge on any atom is -0.480 e. The fraction of sp³-hybridized carbons (Fsp3) is 0.333. The Morgan fingerprint density at radius 1 is 1.56 bits per heavy atom. The third kappa shape index (κ3) is 1.80. The minimum absolute atomic E-state index is 0.297. The van der Waals surface area contributed by atoms with Crippen molar-refractivity contribution in [3.05, 3.63) is 29.4 Å². The second kappa shape index (κ2) is 4.17. The number of carboxylic acids is 1. The fourth-order valence-corrected chi connectivity index (χ4v) is 2.44. The van der Waals surface area contributed by atoms with Crippen LogP contribution in [0.15, 0.2) is 22.7 Å². The maximum Gasteiger partial charge on any atom is 0.326 e. The van der Waals surface area contributed by atoms with Crippen molar-refractivity contribution in [2.45, 2.75) is 25.3 Å². The summed E-state index contributed by atoms with van der Waals surface area (Å²) in [5.41, 5.74) is 0.630. The number of rotatable bonds is 2. The molecule has 0 fully saturated rings. The quantitative estimate of drug-likeness (QED) is 0.907.